The molecule has 3 aliphatic rings. The van der Waals surface area contributed by atoms with Gasteiger partial charge in [-0.2, -0.15) is 0 Å². The summed E-state index contributed by atoms with van der Waals surface area (Å²) >= 11 is 0. The number of hydrogen-bond acceptors (Lipinski definition) is 7. The number of benzene rings is 1. The first-order valence-corrected chi connectivity index (χ1v) is 10.4. The summed E-state index contributed by atoms with van der Waals surface area (Å²) in [7, 11) is 1.29. The Hall–Kier alpha value is -4.22. The number of amides is 5. The highest BCUT2D eigenvalue weighted by Crippen LogP contribution is 2.42. The number of primary amides is 1. The maximum Gasteiger partial charge on any atom is 0.322 e. The van der Waals surface area contributed by atoms with Crippen LogP contribution >= 0.6 is 0 Å². The number of nitrogens with zero attached hydrogens (tertiary/aromatic N) is 2. The number of imide groups is 1. The molecule has 0 saturated carbocycles. The third-order valence-electron chi connectivity index (χ3n) is 6.29. The molecule has 0 bridgehead atoms. The van der Waals surface area contributed by atoms with Crippen LogP contribution in [0.3, 0.4) is 0 Å². The fraction of sp³-hybridized carbons (Fsp3) is 0.318. The lowest BCUT2D eigenvalue weighted by Gasteiger charge is -2.29. The van der Waals surface area contributed by atoms with E-state index in [2.05, 4.69) is 15.6 Å². The zero-order valence-corrected chi connectivity index (χ0v) is 18.2. The van der Waals surface area contributed by atoms with Crippen molar-refractivity contribution in [3.63, 3.8) is 0 Å². The second-order valence-electron chi connectivity index (χ2n) is 8.48. The zero-order valence-electron chi connectivity index (χ0n) is 18.2. The van der Waals surface area contributed by atoms with Gasteiger partial charge in [0.2, 0.25) is 0 Å². The summed E-state index contributed by atoms with van der Waals surface area (Å²) in [6.07, 6.45) is 0.252. The molecular formula is C22H20FN5O6. The van der Waals surface area contributed by atoms with Gasteiger partial charge >= 0.3 is 6.03 Å². The van der Waals surface area contributed by atoms with Crippen molar-refractivity contribution >= 4 is 35.2 Å². The Bertz CT molecular complexity index is 1320. The first-order valence-electron chi connectivity index (χ1n) is 10.4. The maximum atomic E-state index is 14.8. The highest BCUT2D eigenvalue weighted by Gasteiger charge is 2.53. The highest BCUT2D eigenvalue weighted by molar-refractivity contribution is 6.39. The molecule has 3 aliphatic heterocycles. The highest BCUT2D eigenvalue weighted by atomic mass is 19.1. The topological polar surface area (TPSA) is 156 Å². The summed E-state index contributed by atoms with van der Waals surface area (Å²) in [4.78, 5) is 55.4. The zero-order chi connectivity index (χ0) is 24.4. The van der Waals surface area contributed by atoms with Crippen LogP contribution in [0, 0.1) is 5.82 Å². The molecule has 2 atom stereocenters. The lowest BCUT2D eigenvalue weighted by molar-refractivity contribution is -0.125. The Balaban J connectivity index is 1.55. The van der Waals surface area contributed by atoms with Gasteiger partial charge in [-0.1, -0.05) is 13.0 Å². The molecule has 4 heterocycles. The minimum Gasteiger partial charge on any atom is -0.494 e. The van der Waals surface area contributed by atoms with Gasteiger partial charge in [0, 0.05) is 24.9 Å². The quantitative estimate of drug-likeness (QED) is 0.558. The maximum absolute atomic E-state index is 14.8. The molecule has 1 saturated heterocycles. The van der Waals surface area contributed by atoms with Crippen LogP contribution in [0.5, 0.6) is 5.75 Å². The number of hydrogen-bond donors (Lipinski definition) is 3. The van der Waals surface area contributed by atoms with Gasteiger partial charge < -0.3 is 25.1 Å². The van der Waals surface area contributed by atoms with E-state index < -0.39 is 35.1 Å². The van der Waals surface area contributed by atoms with Gasteiger partial charge in [0.25, 0.3) is 17.7 Å². The van der Waals surface area contributed by atoms with E-state index in [-0.39, 0.29) is 48.2 Å². The standard InChI is InChI=1S/C22H20FN5O6/c1-9-5-12(18(24)29)25-11-6-14(34-17(9)11)22(20(31)26-21(32)27-22)8-28-7-10-3-4-13(33-2)16(23)15(10)19(28)30/h3-4,6,9H,5,7-8H2,1-2H3,(H2,24,29)(H2,26,27,31,32). The third-order valence-corrected chi connectivity index (χ3v) is 6.29. The molecular weight excluding hydrogens is 449 g/mol. The number of fused-ring (bicyclic) bond motifs is 2. The first kappa shape index (κ1) is 21.6. The SMILES string of the molecule is COc1ccc2c(c1F)C(=O)N(CC1(c3cc4c(o3)C(C)CC(C(N)=O)=N4)NC(=O)NC1=O)C2. The number of halogens is 1. The van der Waals surface area contributed by atoms with Crippen molar-refractivity contribution in [2.75, 3.05) is 13.7 Å². The van der Waals surface area contributed by atoms with Crippen molar-refractivity contribution in [2.24, 2.45) is 10.7 Å². The Morgan fingerprint density at radius 2 is 2.15 bits per heavy atom. The number of carbonyl (C=O) groups excluding carboxylic acids is 4. The van der Waals surface area contributed by atoms with Gasteiger partial charge in [0.05, 0.1) is 19.2 Å². The molecule has 2 unspecified atom stereocenters. The van der Waals surface area contributed by atoms with E-state index in [1.807, 2.05) is 0 Å². The minimum absolute atomic E-state index is 0.0147. The molecule has 11 nitrogen and oxygen atoms in total. The van der Waals surface area contributed by atoms with Crippen LogP contribution in [0.25, 0.3) is 0 Å². The molecule has 5 amide bonds. The molecule has 34 heavy (non-hydrogen) atoms. The Kier molecular flexibility index (Phi) is 4.71. The molecule has 0 aliphatic carbocycles. The van der Waals surface area contributed by atoms with Crippen molar-refractivity contribution in [3.05, 3.63) is 46.7 Å². The van der Waals surface area contributed by atoms with Gasteiger partial charge in [-0.15, -0.1) is 0 Å². The van der Waals surface area contributed by atoms with Crippen molar-refractivity contribution < 1.29 is 32.7 Å². The Morgan fingerprint density at radius 1 is 1.38 bits per heavy atom. The third kappa shape index (κ3) is 3.05. The van der Waals surface area contributed by atoms with E-state index in [1.165, 1.54) is 24.1 Å². The minimum atomic E-state index is -1.78. The number of rotatable bonds is 5. The number of nitrogens with one attached hydrogen (secondary N) is 2. The van der Waals surface area contributed by atoms with Crippen molar-refractivity contribution in [2.45, 2.75) is 31.3 Å². The van der Waals surface area contributed by atoms with Gasteiger partial charge in [0.15, 0.2) is 17.1 Å². The largest absolute Gasteiger partial charge is 0.494 e. The molecule has 1 fully saturated rings. The molecule has 2 aromatic rings. The summed E-state index contributed by atoms with van der Waals surface area (Å²) in [5, 5.41) is 4.73. The van der Waals surface area contributed by atoms with Crippen molar-refractivity contribution in [3.8, 4) is 5.75 Å². The van der Waals surface area contributed by atoms with Crippen LogP contribution in [0.15, 0.2) is 27.6 Å². The van der Waals surface area contributed by atoms with E-state index in [1.54, 1.807) is 13.0 Å². The predicted molar refractivity (Wildman–Crippen MR) is 114 cm³/mol. The fourth-order valence-corrected chi connectivity index (χ4v) is 4.60. The Morgan fingerprint density at radius 3 is 2.79 bits per heavy atom. The monoisotopic (exact) mass is 469 g/mol. The number of carbonyl (C=O) groups is 4. The molecule has 4 N–H and O–H groups in total. The van der Waals surface area contributed by atoms with Crippen LogP contribution in [-0.2, 0) is 21.7 Å². The van der Waals surface area contributed by atoms with Gasteiger partial charge in [-0.25, -0.2) is 14.2 Å². The molecule has 1 aromatic carbocycles. The number of aliphatic imine (C=N–C) groups is 1. The molecule has 1 aromatic heterocycles. The van der Waals surface area contributed by atoms with Crippen LogP contribution in [0.2, 0.25) is 0 Å². The van der Waals surface area contributed by atoms with Gasteiger partial charge in [0.1, 0.15) is 22.9 Å². The fourth-order valence-electron chi connectivity index (χ4n) is 4.60. The number of urea groups is 1. The van der Waals surface area contributed by atoms with Crippen molar-refractivity contribution in [1.82, 2.24) is 15.5 Å². The van der Waals surface area contributed by atoms with Crippen LogP contribution in [0.4, 0.5) is 14.9 Å². The van der Waals surface area contributed by atoms with Gasteiger partial charge in [-0.3, -0.25) is 19.7 Å². The van der Waals surface area contributed by atoms with E-state index in [0.29, 0.717) is 17.0 Å². The molecule has 176 valence electrons. The second-order valence-corrected chi connectivity index (χ2v) is 8.48. The second kappa shape index (κ2) is 7.40. The average Bonchev–Trinajstić information content (AvgIpc) is 3.43. The van der Waals surface area contributed by atoms with Crippen LogP contribution in [0.1, 0.15) is 46.7 Å². The predicted octanol–water partition coefficient (Wildman–Crippen LogP) is 1.18. The average molecular weight is 469 g/mol. The number of nitrogens with two attached hydrogens (primary N) is 1. The molecule has 5 rings (SSSR count). The van der Waals surface area contributed by atoms with E-state index >= 15 is 0 Å². The summed E-state index contributed by atoms with van der Waals surface area (Å²) in [6.45, 7) is 1.49. The van der Waals surface area contributed by atoms with Gasteiger partial charge in [-0.05, 0) is 11.6 Å². The molecule has 12 heteroatoms. The van der Waals surface area contributed by atoms with E-state index in [0.717, 1.165) is 0 Å². The number of ether oxygens (including phenoxy) is 1. The number of furan rings is 1. The Labute approximate surface area is 192 Å². The summed E-state index contributed by atoms with van der Waals surface area (Å²) in [5.41, 5.74) is 4.34. The summed E-state index contributed by atoms with van der Waals surface area (Å²) < 4.78 is 25.7. The normalized spacial score (nSPS) is 23.3. The van der Waals surface area contributed by atoms with Crippen LogP contribution < -0.4 is 21.1 Å². The number of methoxy groups -OCH3 is 1. The lowest BCUT2D eigenvalue weighted by Crippen LogP contribution is -2.52. The van der Waals surface area contributed by atoms with Crippen LogP contribution in [-0.4, -0.2) is 48.0 Å². The lowest BCUT2D eigenvalue weighted by atomic mass is 9.94. The van der Waals surface area contributed by atoms with Crippen molar-refractivity contribution in [1.29, 1.82) is 0 Å². The molecule has 0 radical (unpaired) electrons. The first-order chi connectivity index (χ1) is 16.1. The van der Waals surface area contributed by atoms with E-state index in [9.17, 15) is 23.6 Å². The van der Waals surface area contributed by atoms with E-state index in [4.69, 9.17) is 14.9 Å². The summed E-state index contributed by atoms with van der Waals surface area (Å²) in [6, 6.07) is 3.66. The molecule has 0 spiro atoms. The smallest absolute Gasteiger partial charge is 0.322 e. The summed E-state index contributed by atoms with van der Waals surface area (Å²) in [5.74, 6) is -2.75.